The maximum absolute atomic E-state index is 11.0. The van der Waals surface area contributed by atoms with Crippen LogP contribution < -0.4 is 9.64 Å². The summed E-state index contributed by atoms with van der Waals surface area (Å²) in [5.74, 6) is 2.25. The van der Waals surface area contributed by atoms with Crippen molar-refractivity contribution < 1.29 is 9.84 Å². The summed E-state index contributed by atoms with van der Waals surface area (Å²) < 4.78 is 6.60. The Morgan fingerprint density at radius 1 is 0.654 bits per heavy atom. The lowest BCUT2D eigenvalue weighted by atomic mass is 9.80. The molecule has 2 aliphatic rings. The number of anilines is 1. The van der Waals surface area contributed by atoms with Crippen LogP contribution in [0.15, 0.2) is 89.9 Å². The number of pyridine rings is 1. The number of phenols is 1. The average Bonchev–Trinajstić information content (AvgIpc) is 3.59. The molecular weight excluding hydrogens is 639 g/mol. The van der Waals surface area contributed by atoms with E-state index in [4.69, 9.17) is 14.7 Å². The summed E-state index contributed by atoms with van der Waals surface area (Å²) in [6.45, 7) is 26.9. The molecule has 270 valence electrons. The van der Waals surface area contributed by atoms with Gasteiger partial charge in [0.05, 0.1) is 12.1 Å². The number of rotatable bonds is 4. The number of hydrogen-bond acceptors (Lipinski definition) is 5. The molecule has 0 unspecified atom stereocenters. The first-order chi connectivity index (χ1) is 24.2. The van der Waals surface area contributed by atoms with Gasteiger partial charge in [0.1, 0.15) is 22.9 Å². The maximum atomic E-state index is 11.0. The standard InChI is InChI=1S/C47H55N3O2/c1-44(2,3)31-20-30(21-36(26-31)52-40-18-17-29-19-32(45(4,5)6)27-39(51)41(29)48-40)43-49-42-37-16-14-13-15-28(37)22-38(42)50(43)35-24-33(46(7,8)9)23-34(25-35)47(10,11)12/h13-21,23-27,38,42,51H,22H2,1-12H3/t38-,42-/m0/s1. The molecule has 0 radical (unpaired) electrons. The number of aromatic nitrogens is 1. The molecule has 5 aromatic rings. The van der Waals surface area contributed by atoms with Crippen LogP contribution in [0.1, 0.15) is 128 Å². The molecule has 1 aliphatic heterocycles. The zero-order valence-corrected chi connectivity index (χ0v) is 33.1. The third-order valence-electron chi connectivity index (χ3n) is 10.8. The first-order valence-electron chi connectivity index (χ1n) is 18.8. The van der Waals surface area contributed by atoms with Gasteiger partial charge in [-0.25, -0.2) is 4.98 Å². The lowest BCUT2D eigenvalue weighted by molar-refractivity contribution is 0.456. The Morgan fingerprint density at radius 2 is 1.25 bits per heavy atom. The SMILES string of the molecule is CC(C)(C)c1cc(Oc2ccc3cc(C(C)(C)C)cc(O)c3n2)cc(C2=N[C@H]3c4ccccc4C[C@@H]3N2c2cc(C(C)(C)C)cc(C(C)(C)C)c2)c1. The molecule has 0 spiro atoms. The second-order valence-electron chi connectivity index (χ2n) is 19.1. The van der Waals surface area contributed by atoms with Crippen LogP contribution in [-0.4, -0.2) is 22.0 Å². The van der Waals surface area contributed by atoms with E-state index in [1.54, 1.807) is 0 Å². The molecule has 52 heavy (non-hydrogen) atoms. The third-order valence-corrected chi connectivity index (χ3v) is 10.8. The van der Waals surface area contributed by atoms with Crippen LogP contribution >= 0.6 is 0 Å². The zero-order chi connectivity index (χ0) is 37.5. The van der Waals surface area contributed by atoms with Crippen LogP contribution in [0.5, 0.6) is 17.4 Å². The Labute approximate surface area is 310 Å². The number of aliphatic imine (C=N–C) groups is 1. The van der Waals surface area contributed by atoms with E-state index in [1.807, 2.05) is 18.2 Å². The van der Waals surface area contributed by atoms with E-state index in [9.17, 15) is 5.11 Å². The highest BCUT2D eigenvalue weighted by Crippen LogP contribution is 2.46. The second kappa shape index (κ2) is 12.2. The number of amidine groups is 1. The summed E-state index contributed by atoms with van der Waals surface area (Å²) in [4.78, 5) is 12.9. The second-order valence-corrected chi connectivity index (χ2v) is 19.1. The number of ether oxygens (including phenoxy) is 1. The molecule has 0 bridgehead atoms. The number of phenolic OH excluding ortho intramolecular Hbond substituents is 1. The molecule has 4 aromatic carbocycles. The quantitative estimate of drug-likeness (QED) is 0.204. The van der Waals surface area contributed by atoms with Gasteiger partial charge in [-0.2, -0.15) is 0 Å². The minimum atomic E-state index is -0.148. The number of aromatic hydroxyl groups is 1. The Hall–Kier alpha value is -4.64. The van der Waals surface area contributed by atoms with Crippen LogP contribution in [0.4, 0.5) is 5.69 Å². The van der Waals surface area contributed by atoms with Crippen molar-refractivity contribution in [1.82, 2.24) is 4.98 Å². The molecule has 1 N–H and O–H groups in total. The van der Waals surface area contributed by atoms with Gasteiger partial charge in [0.15, 0.2) is 0 Å². The molecule has 5 heteroatoms. The van der Waals surface area contributed by atoms with Gasteiger partial charge in [0, 0.05) is 22.7 Å². The van der Waals surface area contributed by atoms with Crippen LogP contribution in [-0.2, 0) is 28.1 Å². The number of hydrogen-bond donors (Lipinski definition) is 1. The molecule has 7 rings (SSSR count). The average molecular weight is 694 g/mol. The molecule has 5 nitrogen and oxygen atoms in total. The predicted molar refractivity (Wildman–Crippen MR) is 217 cm³/mol. The predicted octanol–water partition coefficient (Wildman–Crippen LogP) is 11.9. The van der Waals surface area contributed by atoms with E-state index < -0.39 is 0 Å². The number of nitrogens with zero attached hydrogens (tertiary/aromatic N) is 3. The molecule has 2 heterocycles. The minimum Gasteiger partial charge on any atom is -0.506 e. The van der Waals surface area contributed by atoms with Crippen molar-refractivity contribution in [2.75, 3.05) is 4.90 Å². The minimum absolute atomic E-state index is 0.0200. The first kappa shape index (κ1) is 35.7. The topological polar surface area (TPSA) is 58.0 Å². The van der Waals surface area contributed by atoms with Crippen molar-refractivity contribution in [1.29, 1.82) is 0 Å². The molecule has 1 aliphatic carbocycles. The Balaban J connectivity index is 1.37. The lowest BCUT2D eigenvalue weighted by Gasteiger charge is -2.33. The summed E-state index contributed by atoms with van der Waals surface area (Å²) >= 11 is 0. The summed E-state index contributed by atoms with van der Waals surface area (Å²) in [6.07, 6.45) is 0.933. The van der Waals surface area contributed by atoms with E-state index >= 15 is 0 Å². The van der Waals surface area contributed by atoms with Crippen LogP contribution in [0.25, 0.3) is 10.9 Å². The van der Waals surface area contributed by atoms with Gasteiger partial charge in [-0.1, -0.05) is 113 Å². The van der Waals surface area contributed by atoms with Gasteiger partial charge in [-0.05, 0) is 110 Å². The Morgan fingerprint density at radius 3 is 1.88 bits per heavy atom. The van der Waals surface area contributed by atoms with E-state index in [0.29, 0.717) is 17.1 Å². The highest BCUT2D eigenvalue weighted by molar-refractivity contribution is 6.12. The summed E-state index contributed by atoms with van der Waals surface area (Å²) in [7, 11) is 0. The van der Waals surface area contributed by atoms with Crippen molar-refractivity contribution in [2.45, 2.75) is 123 Å². The van der Waals surface area contributed by atoms with Gasteiger partial charge in [-0.15, -0.1) is 0 Å². The monoisotopic (exact) mass is 693 g/mol. The van der Waals surface area contributed by atoms with Gasteiger partial charge in [-0.3, -0.25) is 4.99 Å². The normalized spacial score (nSPS) is 17.7. The van der Waals surface area contributed by atoms with Crippen molar-refractivity contribution in [3.05, 3.63) is 124 Å². The summed E-state index contributed by atoms with van der Waals surface area (Å²) in [6, 6.07) is 30.5. The molecule has 1 aromatic heterocycles. The van der Waals surface area contributed by atoms with Crippen molar-refractivity contribution in [3.63, 3.8) is 0 Å². The highest BCUT2D eigenvalue weighted by Gasteiger charge is 2.44. The zero-order valence-electron chi connectivity index (χ0n) is 33.1. The summed E-state index contributed by atoms with van der Waals surface area (Å²) in [5, 5.41) is 11.9. The Bertz CT molecular complexity index is 2190. The smallest absolute Gasteiger partial charge is 0.219 e. The number of fused-ring (bicyclic) bond motifs is 4. The molecule has 0 saturated heterocycles. The molecular formula is C47H55N3O2. The Kier molecular flexibility index (Phi) is 8.40. The highest BCUT2D eigenvalue weighted by atomic mass is 16.5. The fraction of sp³-hybridized carbons (Fsp3) is 0.404. The van der Waals surface area contributed by atoms with E-state index in [-0.39, 0.29) is 39.5 Å². The largest absolute Gasteiger partial charge is 0.506 e. The van der Waals surface area contributed by atoms with Crippen molar-refractivity contribution in [2.24, 2.45) is 4.99 Å². The molecule has 0 saturated carbocycles. The molecule has 0 amide bonds. The van der Waals surface area contributed by atoms with Crippen LogP contribution in [0.3, 0.4) is 0 Å². The van der Waals surface area contributed by atoms with Gasteiger partial charge >= 0.3 is 0 Å². The molecule has 2 atom stereocenters. The molecule has 0 fully saturated rings. The first-order valence-corrected chi connectivity index (χ1v) is 18.8. The van der Waals surface area contributed by atoms with E-state index in [0.717, 1.165) is 34.3 Å². The van der Waals surface area contributed by atoms with Crippen LogP contribution in [0.2, 0.25) is 0 Å². The van der Waals surface area contributed by atoms with Gasteiger partial charge in [0.2, 0.25) is 5.88 Å². The maximum Gasteiger partial charge on any atom is 0.219 e. The fourth-order valence-corrected chi connectivity index (χ4v) is 7.46. The summed E-state index contributed by atoms with van der Waals surface area (Å²) in [5.41, 5.74) is 9.99. The van der Waals surface area contributed by atoms with Crippen molar-refractivity contribution >= 4 is 22.4 Å². The van der Waals surface area contributed by atoms with Crippen LogP contribution in [0, 0.1) is 0 Å². The van der Waals surface area contributed by atoms with E-state index in [1.165, 1.54) is 27.9 Å². The van der Waals surface area contributed by atoms with Gasteiger partial charge in [0.25, 0.3) is 0 Å². The third kappa shape index (κ3) is 6.71. The van der Waals surface area contributed by atoms with E-state index in [2.05, 4.69) is 155 Å². The fourth-order valence-electron chi connectivity index (χ4n) is 7.46. The van der Waals surface area contributed by atoms with Crippen molar-refractivity contribution in [3.8, 4) is 17.4 Å². The lowest BCUT2D eigenvalue weighted by Crippen LogP contribution is -2.38. The number of benzene rings is 4. The van der Waals surface area contributed by atoms with Gasteiger partial charge < -0.3 is 14.7 Å².